The Morgan fingerprint density at radius 1 is 1.13 bits per heavy atom. The fourth-order valence-corrected chi connectivity index (χ4v) is 2.84. The molecular weight excluding hydrogens is 192 g/mol. The van der Waals surface area contributed by atoms with E-state index in [-0.39, 0.29) is 11.6 Å². The predicted molar refractivity (Wildman–Crippen MR) is 56.6 cm³/mol. The first-order valence-electron chi connectivity index (χ1n) is 5.93. The Kier molecular flexibility index (Phi) is 2.75. The molecule has 3 nitrogen and oxygen atoms in total. The number of esters is 1. The van der Waals surface area contributed by atoms with Gasteiger partial charge >= 0.3 is 5.97 Å². The van der Waals surface area contributed by atoms with E-state index in [1.165, 1.54) is 39.2 Å². The lowest BCUT2D eigenvalue weighted by molar-refractivity contribution is -0.146. The molecule has 1 aliphatic carbocycles. The van der Waals surface area contributed by atoms with Crippen LogP contribution in [0.3, 0.4) is 0 Å². The third-order valence-electron chi connectivity index (χ3n) is 3.96. The normalized spacial score (nSPS) is 34.3. The maximum absolute atomic E-state index is 11.6. The average molecular weight is 212 g/mol. The largest absolute Gasteiger partial charge is 0.467 e. The van der Waals surface area contributed by atoms with Gasteiger partial charge in [-0.15, -0.1) is 0 Å². The van der Waals surface area contributed by atoms with Gasteiger partial charge < -0.3 is 9.47 Å². The first kappa shape index (κ1) is 10.9. The van der Waals surface area contributed by atoms with Gasteiger partial charge in [0.05, 0.1) is 7.11 Å². The van der Waals surface area contributed by atoms with Crippen molar-refractivity contribution in [2.45, 2.75) is 63.1 Å². The van der Waals surface area contributed by atoms with Gasteiger partial charge in [0.25, 0.3) is 0 Å². The molecule has 2 rings (SSSR count). The first-order valence-corrected chi connectivity index (χ1v) is 5.93. The van der Waals surface area contributed by atoms with E-state index < -0.39 is 5.60 Å². The van der Waals surface area contributed by atoms with Gasteiger partial charge in [-0.3, -0.25) is 0 Å². The summed E-state index contributed by atoms with van der Waals surface area (Å²) in [4.78, 5) is 11.6. The van der Waals surface area contributed by atoms with E-state index in [4.69, 9.17) is 9.47 Å². The maximum Gasteiger partial charge on any atom is 0.340 e. The summed E-state index contributed by atoms with van der Waals surface area (Å²) in [5.41, 5.74) is -0.848. The van der Waals surface area contributed by atoms with Crippen LogP contribution < -0.4 is 0 Å². The number of methoxy groups -OCH3 is 1. The number of epoxide rings is 1. The van der Waals surface area contributed by atoms with E-state index in [9.17, 15) is 4.79 Å². The quantitative estimate of drug-likeness (QED) is 0.495. The van der Waals surface area contributed by atoms with Crippen molar-refractivity contribution in [1.29, 1.82) is 0 Å². The number of hydrogen-bond donors (Lipinski definition) is 0. The minimum absolute atomic E-state index is 0.194. The lowest BCUT2D eigenvalue weighted by Gasteiger charge is -2.18. The number of carbonyl (C=O) groups excluding carboxylic acids is 1. The van der Waals surface area contributed by atoms with Crippen molar-refractivity contribution in [3.05, 3.63) is 0 Å². The Labute approximate surface area is 91.1 Å². The first-order chi connectivity index (χ1) is 7.15. The van der Waals surface area contributed by atoms with Crippen molar-refractivity contribution in [2.75, 3.05) is 7.11 Å². The molecule has 1 saturated heterocycles. The summed E-state index contributed by atoms with van der Waals surface area (Å²) in [6.07, 6.45) is 8.23. The van der Waals surface area contributed by atoms with E-state index in [1.807, 2.05) is 6.92 Å². The number of carbonyl (C=O) groups is 1. The zero-order valence-corrected chi connectivity index (χ0v) is 9.67. The number of hydrogen-bond acceptors (Lipinski definition) is 3. The van der Waals surface area contributed by atoms with E-state index in [0.717, 1.165) is 12.8 Å². The highest BCUT2D eigenvalue weighted by molar-refractivity contribution is 5.84. The fraction of sp³-hybridized carbons (Fsp3) is 0.917. The van der Waals surface area contributed by atoms with Gasteiger partial charge in [-0.1, -0.05) is 32.1 Å². The summed E-state index contributed by atoms with van der Waals surface area (Å²) < 4.78 is 10.6. The molecule has 0 amide bonds. The molecular formula is C12H20O3. The molecule has 86 valence electrons. The Morgan fingerprint density at radius 2 is 1.67 bits per heavy atom. The lowest BCUT2D eigenvalue weighted by atomic mass is 9.82. The zero-order chi connectivity index (χ0) is 10.9. The van der Waals surface area contributed by atoms with Gasteiger partial charge in [-0.05, 0) is 19.8 Å². The third-order valence-corrected chi connectivity index (χ3v) is 3.96. The van der Waals surface area contributed by atoms with Crippen molar-refractivity contribution in [1.82, 2.24) is 0 Å². The van der Waals surface area contributed by atoms with E-state index >= 15 is 0 Å². The maximum atomic E-state index is 11.6. The number of ether oxygens (including phenoxy) is 2. The Hall–Kier alpha value is -0.570. The van der Waals surface area contributed by atoms with Gasteiger partial charge in [-0.25, -0.2) is 4.79 Å². The molecule has 0 bridgehead atoms. The van der Waals surface area contributed by atoms with Gasteiger partial charge in [0.1, 0.15) is 5.60 Å². The summed E-state index contributed by atoms with van der Waals surface area (Å²) in [6.45, 7) is 1.88. The molecule has 1 unspecified atom stereocenters. The topological polar surface area (TPSA) is 38.8 Å². The number of rotatable bonds is 1. The van der Waals surface area contributed by atoms with Crippen molar-refractivity contribution in [2.24, 2.45) is 0 Å². The molecule has 2 aliphatic rings. The lowest BCUT2D eigenvalue weighted by Crippen LogP contribution is -2.33. The van der Waals surface area contributed by atoms with Crippen molar-refractivity contribution < 1.29 is 14.3 Å². The smallest absolute Gasteiger partial charge is 0.340 e. The van der Waals surface area contributed by atoms with E-state index in [1.54, 1.807) is 0 Å². The van der Waals surface area contributed by atoms with Gasteiger partial charge in [-0.2, -0.15) is 0 Å². The van der Waals surface area contributed by atoms with Crippen LogP contribution in [0.1, 0.15) is 51.9 Å². The van der Waals surface area contributed by atoms with Crippen molar-refractivity contribution in [3.8, 4) is 0 Å². The summed E-state index contributed by atoms with van der Waals surface area (Å²) in [5, 5.41) is 0. The fourth-order valence-electron chi connectivity index (χ4n) is 2.84. The molecule has 3 heteroatoms. The highest BCUT2D eigenvalue weighted by Crippen LogP contribution is 2.55. The SMILES string of the molecule is COC(=O)C1(C)OC12CCCCCCC2. The molecule has 15 heavy (non-hydrogen) atoms. The summed E-state index contributed by atoms with van der Waals surface area (Å²) in [5.74, 6) is -0.205. The molecule has 0 aromatic rings. The van der Waals surface area contributed by atoms with E-state index in [0.29, 0.717) is 0 Å². The molecule has 1 aliphatic heterocycles. The van der Waals surface area contributed by atoms with Gasteiger partial charge in [0.2, 0.25) is 0 Å². The molecule has 0 N–H and O–H groups in total. The van der Waals surface area contributed by atoms with Crippen LogP contribution in [0.15, 0.2) is 0 Å². The average Bonchev–Trinajstić information content (AvgIpc) is 2.80. The van der Waals surface area contributed by atoms with Crippen LogP contribution in [0.4, 0.5) is 0 Å². The van der Waals surface area contributed by atoms with Crippen LogP contribution >= 0.6 is 0 Å². The minimum atomic E-state index is -0.654. The summed E-state index contributed by atoms with van der Waals surface area (Å²) in [6, 6.07) is 0. The highest BCUT2D eigenvalue weighted by Gasteiger charge is 2.71. The molecule has 1 spiro atoms. The molecule has 1 saturated carbocycles. The second kappa shape index (κ2) is 3.78. The van der Waals surface area contributed by atoms with Gasteiger partial charge in [0.15, 0.2) is 5.60 Å². The second-order valence-corrected chi connectivity index (χ2v) is 4.89. The van der Waals surface area contributed by atoms with Gasteiger partial charge in [0, 0.05) is 0 Å². The third kappa shape index (κ3) is 1.67. The van der Waals surface area contributed by atoms with Crippen LogP contribution in [0.5, 0.6) is 0 Å². The molecule has 1 heterocycles. The molecule has 1 atom stereocenters. The van der Waals surface area contributed by atoms with Crippen LogP contribution in [-0.2, 0) is 14.3 Å². The molecule has 2 fully saturated rings. The van der Waals surface area contributed by atoms with Crippen LogP contribution in [0.25, 0.3) is 0 Å². The highest BCUT2D eigenvalue weighted by atomic mass is 16.7. The predicted octanol–water partition coefficient (Wildman–Crippen LogP) is 2.43. The van der Waals surface area contributed by atoms with Crippen LogP contribution in [0.2, 0.25) is 0 Å². The monoisotopic (exact) mass is 212 g/mol. The molecule has 0 radical (unpaired) electrons. The standard InChI is InChI=1S/C12H20O3/c1-11(10(13)14-2)12(15-11)8-6-4-3-5-7-9-12/h3-9H2,1-2H3. The molecule has 0 aromatic heterocycles. The second-order valence-electron chi connectivity index (χ2n) is 4.89. The van der Waals surface area contributed by atoms with Crippen LogP contribution in [0, 0.1) is 0 Å². The Balaban J connectivity index is 2.05. The minimum Gasteiger partial charge on any atom is -0.467 e. The summed E-state index contributed by atoms with van der Waals surface area (Å²) in [7, 11) is 1.44. The molecule has 0 aromatic carbocycles. The Bertz CT molecular complexity index is 254. The summed E-state index contributed by atoms with van der Waals surface area (Å²) >= 11 is 0. The van der Waals surface area contributed by atoms with Crippen LogP contribution in [-0.4, -0.2) is 24.3 Å². The van der Waals surface area contributed by atoms with Crippen molar-refractivity contribution >= 4 is 5.97 Å². The van der Waals surface area contributed by atoms with Crippen molar-refractivity contribution in [3.63, 3.8) is 0 Å². The zero-order valence-electron chi connectivity index (χ0n) is 9.67. The van der Waals surface area contributed by atoms with E-state index in [2.05, 4.69) is 0 Å². The Morgan fingerprint density at radius 3 is 2.20 bits per heavy atom.